The Bertz CT molecular complexity index is 1120. The lowest BCUT2D eigenvalue weighted by Gasteiger charge is -2.37. The highest BCUT2D eigenvalue weighted by Crippen LogP contribution is 2.24. The van der Waals surface area contributed by atoms with Gasteiger partial charge in [-0.25, -0.2) is 0 Å². The summed E-state index contributed by atoms with van der Waals surface area (Å²) in [5.74, 6) is 1.18. The van der Waals surface area contributed by atoms with Crippen LogP contribution in [-0.2, 0) is 0 Å². The SMILES string of the molecule is Cc1ccc(C(CNC(=O)c2cc(=O)c3cc(Cl)ccc3o2)N2CCN(C)CC2)o1.Cl. The van der Waals surface area contributed by atoms with E-state index in [0.29, 0.717) is 22.5 Å². The molecule has 9 heteroatoms. The predicted molar refractivity (Wildman–Crippen MR) is 122 cm³/mol. The number of piperazine rings is 1. The Labute approximate surface area is 191 Å². The smallest absolute Gasteiger partial charge is 0.287 e. The molecule has 3 aromatic rings. The van der Waals surface area contributed by atoms with Crippen molar-refractivity contribution in [3.8, 4) is 0 Å². The van der Waals surface area contributed by atoms with Gasteiger partial charge in [0.05, 0.1) is 11.4 Å². The van der Waals surface area contributed by atoms with E-state index < -0.39 is 5.91 Å². The van der Waals surface area contributed by atoms with Crippen LogP contribution in [0.2, 0.25) is 5.02 Å². The molecule has 1 N–H and O–H groups in total. The Hall–Kier alpha value is -2.32. The van der Waals surface area contributed by atoms with Crippen molar-refractivity contribution in [2.75, 3.05) is 39.8 Å². The number of hydrogen-bond donors (Lipinski definition) is 1. The van der Waals surface area contributed by atoms with Crippen LogP contribution in [0.4, 0.5) is 0 Å². The third kappa shape index (κ3) is 5.30. The van der Waals surface area contributed by atoms with E-state index in [0.717, 1.165) is 37.7 Å². The number of halogens is 2. The summed E-state index contributed by atoms with van der Waals surface area (Å²) in [7, 11) is 2.10. The van der Waals surface area contributed by atoms with Crippen LogP contribution in [0.1, 0.15) is 28.1 Å². The molecule has 0 aliphatic carbocycles. The van der Waals surface area contributed by atoms with Gasteiger partial charge in [-0.05, 0) is 44.3 Å². The summed E-state index contributed by atoms with van der Waals surface area (Å²) in [6.45, 7) is 5.90. The zero-order valence-electron chi connectivity index (χ0n) is 17.4. The molecule has 1 saturated heterocycles. The van der Waals surface area contributed by atoms with Crippen LogP contribution in [0, 0.1) is 6.92 Å². The average molecular weight is 466 g/mol. The van der Waals surface area contributed by atoms with Crippen LogP contribution in [-0.4, -0.2) is 55.5 Å². The number of aryl methyl sites for hydroxylation is 1. The summed E-state index contributed by atoms with van der Waals surface area (Å²) in [6.07, 6.45) is 0. The van der Waals surface area contributed by atoms with Gasteiger partial charge in [0.15, 0.2) is 11.2 Å². The highest BCUT2D eigenvalue weighted by molar-refractivity contribution is 6.31. The van der Waals surface area contributed by atoms with Crippen LogP contribution in [0.15, 0.2) is 50.0 Å². The molecule has 4 rings (SSSR count). The minimum Gasteiger partial charge on any atom is -0.465 e. The molecular weight excluding hydrogens is 441 g/mol. The lowest BCUT2D eigenvalue weighted by Crippen LogP contribution is -2.48. The molecule has 1 amide bonds. The van der Waals surface area contributed by atoms with Crippen molar-refractivity contribution in [1.82, 2.24) is 15.1 Å². The number of rotatable bonds is 5. The molecule has 0 bridgehead atoms. The van der Waals surface area contributed by atoms with E-state index in [1.54, 1.807) is 12.1 Å². The molecule has 1 atom stereocenters. The van der Waals surface area contributed by atoms with Crippen molar-refractivity contribution in [2.45, 2.75) is 13.0 Å². The standard InChI is InChI=1S/C22H24ClN3O4.ClH/c1-14-3-5-20(29-14)17(26-9-7-25(2)8-10-26)13-24-22(28)21-12-18(27)16-11-15(23)4-6-19(16)30-21;/h3-6,11-12,17H,7-10,13H2,1-2H3,(H,24,28);1H. The summed E-state index contributed by atoms with van der Waals surface area (Å²) in [5.41, 5.74) is 0.0236. The first-order chi connectivity index (χ1) is 14.4. The maximum atomic E-state index is 12.8. The number of hydrogen-bond acceptors (Lipinski definition) is 6. The molecule has 7 nitrogen and oxygen atoms in total. The third-order valence-electron chi connectivity index (χ3n) is 5.44. The summed E-state index contributed by atoms with van der Waals surface area (Å²) in [6, 6.07) is 9.73. The summed E-state index contributed by atoms with van der Waals surface area (Å²) < 4.78 is 11.5. The van der Waals surface area contributed by atoms with Crippen LogP contribution >= 0.6 is 24.0 Å². The number of nitrogens with one attached hydrogen (secondary N) is 1. The lowest BCUT2D eigenvalue weighted by molar-refractivity contribution is 0.0830. The number of carbonyl (C=O) groups is 1. The Kier molecular flexibility index (Phi) is 7.43. The van der Waals surface area contributed by atoms with Gasteiger partial charge >= 0.3 is 0 Å². The zero-order chi connectivity index (χ0) is 21.3. The monoisotopic (exact) mass is 465 g/mol. The largest absolute Gasteiger partial charge is 0.465 e. The predicted octanol–water partition coefficient (Wildman–Crippen LogP) is 3.49. The van der Waals surface area contributed by atoms with Gasteiger partial charge in [-0.15, -0.1) is 12.4 Å². The number of carbonyl (C=O) groups excluding carboxylic acids is 1. The quantitative estimate of drug-likeness (QED) is 0.621. The number of fused-ring (bicyclic) bond motifs is 1. The molecule has 1 fully saturated rings. The zero-order valence-corrected chi connectivity index (χ0v) is 19.0. The fourth-order valence-electron chi connectivity index (χ4n) is 3.69. The maximum Gasteiger partial charge on any atom is 0.287 e. The van der Waals surface area contributed by atoms with Crippen LogP contribution in [0.3, 0.4) is 0 Å². The van der Waals surface area contributed by atoms with Crippen molar-refractivity contribution in [1.29, 1.82) is 0 Å². The second-order valence-electron chi connectivity index (χ2n) is 7.63. The molecule has 1 aromatic carbocycles. The van der Waals surface area contributed by atoms with E-state index in [2.05, 4.69) is 22.2 Å². The molecule has 1 aliphatic rings. The van der Waals surface area contributed by atoms with Crippen LogP contribution in [0.5, 0.6) is 0 Å². The molecule has 0 spiro atoms. The van der Waals surface area contributed by atoms with Gasteiger partial charge in [-0.1, -0.05) is 11.6 Å². The first-order valence-corrected chi connectivity index (χ1v) is 10.3. The fourth-order valence-corrected chi connectivity index (χ4v) is 3.86. The molecule has 166 valence electrons. The molecule has 3 heterocycles. The van der Waals surface area contributed by atoms with E-state index in [1.807, 2.05) is 19.1 Å². The number of amides is 1. The second kappa shape index (κ2) is 9.87. The maximum absolute atomic E-state index is 12.8. The number of nitrogens with zero attached hydrogens (tertiary/aromatic N) is 2. The minimum absolute atomic E-state index is 0. The van der Waals surface area contributed by atoms with Crippen molar-refractivity contribution in [3.05, 3.63) is 68.9 Å². The molecule has 2 aromatic heterocycles. The van der Waals surface area contributed by atoms with Gasteiger partial charge < -0.3 is 19.1 Å². The molecule has 0 saturated carbocycles. The van der Waals surface area contributed by atoms with Crippen LogP contribution < -0.4 is 10.7 Å². The van der Waals surface area contributed by atoms with Crippen molar-refractivity contribution < 1.29 is 13.6 Å². The highest BCUT2D eigenvalue weighted by Gasteiger charge is 2.27. The van der Waals surface area contributed by atoms with Gasteiger partial charge in [-0.3, -0.25) is 14.5 Å². The van der Waals surface area contributed by atoms with Crippen molar-refractivity contribution in [3.63, 3.8) is 0 Å². The Morgan fingerprint density at radius 3 is 2.55 bits per heavy atom. The minimum atomic E-state index is -0.439. The van der Waals surface area contributed by atoms with Gasteiger partial charge in [-0.2, -0.15) is 0 Å². The Morgan fingerprint density at radius 2 is 1.87 bits per heavy atom. The van der Waals surface area contributed by atoms with E-state index >= 15 is 0 Å². The van der Waals surface area contributed by atoms with E-state index in [4.69, 9.17) is 20.4 Å². The fraction of sp³-hybridized carbons (Fsp3) is 0.364. The summed E-state index contributed by atoms with van der Waals surface area (Å²) in [5, 5.41) is 3.69. The van der Waals surface area contributed by atoms with Crippen LogP contribution in [0.25, 0.3) is 11.0 Å². The average Bonchev–Trinajstić information content (AvgIpc) is 3.15. The summed E-state index contributed by atoms with van der Waals surface area (Å²) >= 11 is 5.94. The normalized spacial score (nSPS) is 16.1. The first-order valence-electron chi connectivity index (χ1n) is 9.91. The molecule has 0 radical (unpaired) electrons. The van der Waals surface area contributed by atoms with Gasteiger partial charge in [0.2, 0.25) is 0 Å². The molecular formula is C22H25Cl2N3O4. The van der Waals surface area contributed by atoms with Crippen molar-refractivity contribution in [2.24, 2.45) is 0 Å². The van der Waals surface area contributed by atoms with E-state index in [9.17, 15) is 9.59 Å². The first kappa shape index (κ1) is 23.3. The summed E-state index contributed by atoms with van der Waals surface area (Å²) in [4.78, 5) is 29.7. The second-order valence-corrected chi connectivity index (χ2v) is 8.07. The van der Waals surface area contributed by atoms with E-state index in [1.165, 1.54) is 12.1 Å². The topological polar surface area (TPSA) is 78.9 Å². The molecule has 1 unspecified atom stereocenters. The number of benzene rings is 1. The van der Waals surface area contributed by atoms with Gasteiger partial charge in [0.25, 0.3) is 5.91 Å². The molecule has 1 aliphatic heterocycles. The highest BCUT2D eigenvalue weighted by atomic mass is 35.5. The van der Waals surface area contributed by atoms with E-state index in [-0.39, 0.29) is 29.6 Å². The number of furan rings is 1. The van der Waals surface area contributed by atoms with Crippen molar-refractivity contribution >= 4 is 40.9 Å². The Balaban J connectivity index is 0.00000272. The molecule has 31 heavy (non-hydrogen) atoms. The third-order valence-corrected chi connectivity index (χ3v) is 5.67. The van der Waals surface area contributed by atoms with Gasteiger partial charge in [0.1, 0.15) is 17.1 Å². The van der Waals surface area contributed by atoms with Gasteiger partial charge in [0, 0.05) is 43.8 Å². The lowest BCUT2D eigenvalue weighted by atomic mass is 10.1. The Morgan fingerprint density at radius 1 is 1.13 bits per heavy atom. The number of likely N-dealkylation sites (N-methyl/N-ethyl adjacent to an activating group) is 1.